The molecule has 8 heteroatoms. The van der Waals surface area contributed by atoms with Crippen LogP contribution in [0.5, 0.6) is 0 Å². The zero-order valence-corrected chi connectivity index (χ0v) is 17.0. The quantitative estimate of drug-likeness (QED) is 0.354. The van der Waals surface area contributed by atoms with E-state index in [1.54, 1.807) is 19.9 Å². The number of nitrogens with zero attached hydrogens (tertiary/aromatic N) is 1. The lowest BCUT2D eigenvalue weighted by molar-refractivity contribution is -0.384. The van der Waals surface area contributed by atoms with Crippen LogP contribution >= 0.6 is 0 Å². The Labute approximate surface area is 173 Å². The third-order valence-electron chi connectivity index (χ3n) is 5.00. The number of hydrogen-bond donors (Lipinski definition) is 1. The van der Waals surface area contributed by atoms with Crippen molar-refractivity contribution in [1.29, 1.82) is 0 Å². The minimum absolute atomic E-state index is 0.0463. The van der Waals surface area contributed by atoms with Gasteiger partial charge in [0, 0.05) is 17.0 Å². The molecule has 0 radical (unpaired) electrons. The fourth-order valence-corrected chi connectivity index (χ4v) is 3.12. The summed E-state index contributed by atoms with van der Waals surface area (Å²) in [5.41, 5.74) is 3.76. The molecule has 0 saturated carbocycles. The molecule has 0 bridgehead atoms. The molecule has 0 atom stereocenters. The monoisotopic (exact) mass is 410 g/mol. The number of carbonyl (C=O) groups excluding carboxylic acids is 2. The molecule has 30 heavy (non-hydrogen) atoms. The first kappa shape index (κ1) is 21.0. The number of fused-ring (bicyclic) bond motifs is 1. The largest absolute Gasteiger partial charge is 0.464 e. The fraction of sp³-hybridized carbons (Fsp3) is 0.273. The van der Waals surface area contributed by atoms with Crippen LogP contribution in [0, 0.1) is 24.0 Å². The van der Waals surface area contributed by atoms with Gasteiger partial charge in [0.1, 0.15) is 11.3 Å². The average molecular weight is 410 g/mol. The van der Waals surface area contributed by atoms with Crippen molar-refractivity contribution >= 4 is 34.2 Å². The molecule has 0 saturated heterocycles. The maximum absolute atomic E-state index is 12.2. The minimum atomic E-state index is -0.648. The van der Waals surface area contributed by atoms with Crippen LogP contribution in [-0.2, 0) is 27.2 Å². The van der Waals surface area contributed by atoms with Gasteiger partial charge in [0.2, 0.25) is 0 Å². The summed E-state index contributed by atoms with van der Waals surface area (Å²) in [5.74, 6) is -1.24. The van der Waals surface area contributed by atoms with Gasteiger partial charge in [-0.1, -0.05) is 25.1 Å². The van der Waals surface area contributed by atoms with Crippen molar-refractivity contribution in [2.75, 3.05) is 11.9 Å². The van der Waals surface area contributed by atoms with Crippen molar-refractivity contribution in [1.82, 2.24) is 0 Å². The predicted octanol–water partition coefficient (Wildman–Crippen LogP) is 4.24. The number of hydrogen-bond acceptors (Lipinski definition) is 6. The van der Waals surface area contributed by atoms with Gasteiger partial charge in [-0.3, -0.25) is 19.7 Å². The third kappa shape index (κ3) is 4.48. The van der Waals surface area contributed by atoms with Crippen LogP contribution < -0.4 is 5.32 Å². The SMILES string of the molecule is CCc1ccc2c(CC(=O)OCC(=O)Nc3c([N+](=O)[O-])ccc(C)c3C)coc2c1. The first-order valence-electron chi connectivity index (χ1n) is 9.49. The number of nitrogens with one attached hydrogen (secondary N) is 1. The Hall–Kier alpha value is -3.68. The Morgan fingerprint density at radius 1 is 1.20 bits per heavy atom. The highest BCUT2D eigenvalue weighted by Crippen LogP contribution is 2.30. The van der Waals surface area contributed by atoms with Crippen LogP contribution in [0.4, 0.5) is 11.4 Å². The standard InChI is InChI=1S/C22H22N2O6/c1-4-15-6-7-17-16(11-29-19(17)9-15)10-21(26)30-12-20(25)23-22-14(3)13(2)5-8-18(22)24(27)28/h5-9,11H,4,10,12H2,1-3H3,(H,23,25). The predicted molar refractivity (Wildman–Crippen MR) is 111 cm³/mol. The van der Waals surface area contributed by atoms with Gasteiger partial charge in [-0.25, -0.2) is 0 Å². The van der Waals surface area contributed by atoms with Gasteiger partial charge >= 0.3 is 5.97 Å². The van der Waals surface area contributed by atoms with E-state index in [1.807, 2.05) is 25.1 Å². The molecule has 1 heterocycles. The highest BCUT2D eigenvalue weighted by atomic mass is 16.6. The molecule has 3 rings (SSSR count). The zero-order chi connectivity index (χ0) is 21.8. The lowest BCUT2D eigenvalue weighted by atomic mass is 10.1. The normalized spacial score (nSPS) is 10.8. The van der Waals surface area contributed by atoms with Gasteiger partial charge in [-0.2, -0.15) is 0 Å². The molecule has 156 valence electrons. The number of furan rings is 1. The second-order valence-corrected chi connectivity index (χ2v) is 6.99. The van der Waals surface area contributed by atoms with Crippen molar-refractivity contribution in [3.8, 4) is 0 Å². The van der Waals surface area contributed by atoms with E-state index in [0.717, 1.165) is 22.9 Å². The van der Waals surface area contributed by atoms with Crippen molar-refractivity contribution < 1.29 is 23.7 Å². The molecular weight excluding hydrogens is 388 g/mol. The molecular formula is C22H22N2O6. The second kappa shape index (κ2) is 8.77. The first-order chi connectivity index (χ1) is 14.3. The zero-order valence-electron chi connectivity index (χ0n) is 17.0. The Kier molecular flexibility index (Phi) is 6.15. The number of esters is 1. The second-order valence-electron chi connectivity index (χ2n) is 6.99. The molecule has 0 unspecified atom stereocenters. The number of aryl methyl sites for hydroxylation is 2. The summed E-state index contributed by atoms with van der Waals surface area (Å²) in [6.07, 6.45) is 2.34. The smallest absolute Gasteiger partial charge is 0.310 e. The lowest BCUT2D eigenvalue weighted by Crippen LogP contribution is -2.22. The first-order valence-corrected chi connectivity index (χ1v) is 9.49. The molecule has 1 amide bonds. The van der Waals surface area contributed by atoms with E-state index in [1.165, 1.54) is 12.3 Å². The van der Waals surface area contributed by atoms with Gasteiger partial charge in [-0.05, 0) is 43.0 Å². The Morgan fingerprint density at radius 2 is 1.97 bits per heavy atom. The number of nitro groups is 1. The van der Waals surface area contributed by atoms with E-state index in [0.29, 0.717) is 16.7 Å². The van der Waals surface area contributed by atoms with Crippen LogP contribution in [0.2, 0.25) is 0 Å². The number of ether oxygens (including phenoxy) is 1. The van der Waals surface area contributed by atoms with Crippen LogP contribution in [0.15, 0.2) is 41.0 Å². The summed E-state index contributed by atoms with van der Waals surface area (Å²) < 4.78 is 10.6. The average Bonchev–Trinajstić information content (AvgIpc) is 3.11. The fourth-order valence-electron chi connectivity index (χ4n) is 3.12. The summed E-state index contributed by atoms with van der Waals surface area (Å²) in [6, 6.07) is 8.73. The molecule has 0 aliphatic rings. The van der Waals surface area contributed by atoms with Gasteiger partial charge in [-0.15, -0.1) is 0 Å². The maximum Gasteiger partial charge on any atom is 0.310 e. The molecule has 0 spiro atoms. The van der Waals surface area contributed by atoms with E-state index in [-0.39, 0.29) is 17.8 Å². The number of benzene rings is 2. The van der Waals surface area contributed by atoms with Gasteiger partial charge < -0.3 is 14.5 Å². The van der Waals surface area contributed by atoms with E-state index >= 15 is 0 Å². The highest BCUT2D eigenvalue weighted by molar-refractivity contribution is 5.96. The molecule has 1 N–H and O–H groups in total. The summed E-state index contributed by atoms with van der Waals surface area (Å²) in [4.78, 5) is 35.0. The topological polar surface area (TPSA) is 112 Å². The number of anilines is 1. The molecule has 1 aromatic heterocycles. The molecule has 0 fully saturated rings. The number of rotatable bonds is 7. The molecule has 3 aromatic rings. The molecule has 2 aromatic carbocycles. The van der Waals surface area contributed by atoms with Crippen molar-refractivity contribution in [3.05, 3.63) is 69.0 Å². The molecule has 0 aliphatic carbocycles. The summed E-state index contributed by atoms with van der Waals surface area (Å²) in [7, 11) is 0. The van der Waals surface area contributed by atoms with Gasteiger partial charge in [0.25, 0.3) is 11.6 Å². The van der Waals surface area contributed by atoms with E-state index < -0.39 is 23.4 Å². The van der Waals surface area contributed by atoms with E-state index in [4.69, 9.17) is 9.15 Å². The number of amides is 1. The molecule has 8 nitrogen and oxygen atoms in total. The Morgan fingerprint density at radius 3 is 2.67 bits per heavy atom. The van der Waals surface area contributed by atoms with Crippen molar-refractivity contribution in [3.63, 3.8) is 0 Å². The minimum Gasteiger partial charge on any atom is -0.464 e. The summed E-state index contributed by atoms with van der Waals surface area (Å²) in [5, 5.41) is 14.5. The van der Waals surface area contributed by atoms with E-state index in [2.05, 4.69) is 5.32 Å². The lowest BCUT2D eigenvalue weighted by Gasteiger charge is -2.11. The summed E-state index contributed by atoms with van der Waals surface area (Å²) in [6.45, 7) is 4.96. The maximum atomic E-state index is 12.2. The summed E-state index contributed by atoms with van der Waals surface area (Å²) >= 11 is 0. The van der Waals surface area contributed by atoms with Gasteiger partial charge in [0.15, 0.2) is 6.61 Å². The van der Waals surface area contributed by atoms with Crippen molar-refractivity contribution in [2.24, 2.45) is 0 Å². The van der Waals surface area contributed by atoms with Crippen LogP contribution in [0.3, 0.4) is 0 Å². The molecule has 0 aliphatic heterocycles. The highest BCUT2D eigenvalue weighted by Gasteiger charge is 2.20. The van der Waals surface area contributed by atoms with Crippen molar-refractivity contribution in [2.45, 2.75) is 33.6 Å². The Balaban J connectivity index is 1.63. The number of carbonyl (C=O) groups is 2. The van der Waals surface area contributed by atoms with Crippen LogP contribution in [-0.4, -0.2) is 23.4 Å². The third-order valence-corrected chi connectivity index (χ3v) is 5.00. The van der Waals surface area contributed by atoms with Crippen LogP contribution in [0.1, 0.15) is 29.2 Å². The van der Waals surface area contributed by atoms with Crippen LogP contribution in [0.25, 0.3) is 11.0 Å². The number of nitro benzene ring substituents is 1. The van der Waals surface area contributed by atoms with E-state index in [9.17, 15) is 19.7 Å². The Bertz CT molecular complexity index is 1130. The van der Waals surface area contributed by atoms with Gasteiger partial charge in [0.05, 0.1) is 17.6 Å².